The Kier molecular flexibility index (Phi) is 6.01. The Bertz CT molecular complexity index is 517. The Balaban J connectivity index is 2.95. The molecule has 0 radical (unpaired) electrons. The molecule has 0 aliphatic rings. The summed E-state index contributed by atoms with van der Waals surface area (Å²) in [6.07, 6.45) is 0. The van der Waals surface area contributed by atoms with Gasteiger partial charge >= 0.3 is 0 Å². The zero-order chi connectivity index (χ0) is 15.3. The van der Waals surface area contributed by atoms with Gasteiger partial charge < -0.3 is 15.8 Å². The smallest absolute Gasteiger partial charge is 0.255 e. The van der Waals surface area contributed by atoms with E-state index in [0.717, 1.165) is 10.0 Å². The third kappa shape index (κ3) is 3.96. The lowest BCUT2D eigenvalue weighted by molar-refractivity contribution is 0.0753. The summed E-state index contributed by atoms with van der Waals surface area (Å²) in [5, 5.41) is 11.7. The minimum atomic E-state index is -0.201. The van der Waals surface area contributed by atoms with Gasteiger partial charge in [0.05, 0.1) is 5.56 Å². The van der Waals surface area contributed by atoms with Crippen molar-refractivity contribution in [2.24, 2.45) is 16.8 Å². The third-order valence-electron chi connectivity index (χ3n) is 3.14. The van der Waals surface area contributed by atoms with Gasteiger partial charge in [-0.25, -0.2) is 0 Å². The molecular formula is C14H20BrN3O2. The standard InChI is InChI=1S/C14H20BrN3O2/c1-4-18(8-10(3)13(16)17-20)14(19)11-7-9(2)5-6-12(11)15/h5-7,10,20H,4,8H2,1-3H3,(H2,16,17). The van der Waals surface area contributed by atoms with E-state index in [-0.39, 0.29) is 17.7 Å². The van der Waals surface area contributed by atoms with Crippen LogP contribution in [0.1, 0.15) is 29.8 Å². The molecule has 20 heavy (non-hydrogen) atoms. The highest BCUT2D eigenvalue weighted by Gasteiger charge is 2.20. The van der Waals surface area contributed by atoms with Crippen molar-refractivity contribution in [2.45, 2.75) is 20.8 Å². The Hall–Kier alpha value is -1.56. The number of aryl methyl sites for hydroxylation is 1. The van der Waals surface area contributed by atoms with Crippen molar-refractivity contribution in [1.29, 1.82) is 0 Å². The second-order valence-electron chi connectivity index (χ2n) is 4.75. The number of halogens is 1. The summed E-state index contributed by atoms with van der Waals surface area (Å²) in [5.74, 6) is -0.146. The van der Waals surface area contributed by atoms with Gasteiger partial charge in [0, 0.05) is 23.5 Å². The van der Waals surface area contributed by atoms with Crippen molar-refractivity contribution < 1.29 is 10.0 Å². The molecule has 6 heteroatoms. The van der Waals surface area contributed by atoms with E-state index in [4.69, 9.17) is 10.9 Å². The lowest BCUT2D eigenvalue weighted by atomic mass is 10.1. The van der Waals surface area contributed by atoms with Crippen LogP contribution in [0.15, 0.2) is 27.8 Å². The Morgan fingerprint density at radius 3 is 2.75 bits per heavy atom. The van der Waals surface area contributed by atoms with E-state index in [2.05, 4.69) is 21.1 Å². The van der Waals surface area contributed by atoms with Gasteiger partial charge in [0.2, 0.25) is 0 Å². The van der Waals surface area contributed by atoms with Gasteiger partial charge in [-0.3, -0.25) is 4.79 Å². The predicted octanol–water partition coefficient (Wildman–Crippen LogP) is 2.60. The normalized spacial score (nSPS) is 13.1. The van der Waals surface area contributed by atoms with E-state index < -0.39 is 0 Å². The Labute approximate surface area is 127 Å². The van der Waals surface area contributed by atoms with Crippen molar-refractivity contribution >= 4 is 27.7 Å². The molecule has 0 saturated carbocycles. The van der Waals surface area contributed by atoms with Crippen molar-refractivity contribution in [3.8, 4) is 0 Å². The number of hydrogen-bond donors (Lipinski definition) is 2. The van der Waals surface area contributed by atoms with E-state index in [1.807, 2.05) is 39.0 Å². The molecule has 1 amide bonds. The van der Waals surface area contributed by atoms with Crippen molar-refractivity contribution in [3.05, 3.63) is 33.8 Å². The molecule has 0 heterocycles. The fraction of sp³-hybridized carbons (Fsp3) is 0.429. The number of rotatable bonds is 5. The van der Waals surface area contributed by atoms with Crippen LogP contribution in [0.25, 0.3) is 0 Å². The number of carbonyl (C=O) groups excluding carboxylic acids is 1. The molecule has 1 aromatic rings. The molecule has 1 atom stereocenters. The van der Waals surface area contributed by atoms with Crippen molar-refractivity contribution in [3.63, 3.8) is 0 Å². The molecule has 0 aliphatic heterocycles. The van der Waals surface area contributed by atoms with Crippen molar-refractivity contribution in [2.75, 3.05) is 13.1 Å². The highest BCUT2D eigenvalue weighted by Crippen LogP contribution is 2.20. The SMILES string of the molecule is CCN(CC(C)/C(N)=N/O)C(=O)c1cc(C)ccc1Br. The Morgan fingerprint density at radius 1 is 1.55 bits per heavy atom. The molecule has 0 aromatic heterocycles. The summed E-state index contributed by atoms with van der Waals surface area (Å²) in [7, 11) is 0. The largest absolute Gasteiger partial charge is 0.409 e. The number of nitrogens with two attached hydrogens (primary N) is 1. The summed E-state index contributed by atoms with van der Waals surface area (Å²) < 4.78 is 0.767. The van der Waals surface area contributed by atoms with Gasteiger partial charge in [0.25, 0.3) is 5.91 Å². The highest BCUT2D eigenvalue weighted by molar-refractivity contribution is 9.10. The van der Waals surface area contributed by atoms with Crippen LogP contribution in [0.2, 0.25) is 0 Å². The summed E-state index contributed by atoms with van der Waals surface area (Å²) >= 11 is 3.40. The maximum absolute atomic E-state index is 12.5. The number of amidine groups is 1. The fourth-order valence-corrected chi connectivity index (χ4v) is 2.27. The first kappa shape index (κ1) is 16.5. The van der Waals surface area contributed by atoms with Crippen LogP contribution in [-0.4, -0.2) is 34.9 Å². The number of nitrogens with zero attached hydrogens (tertiary/aromatic N) is 2. The van der Waals surface area contributed by atoms with Crippen LogP contribution in [0.5, 0.6) is 0 Å². The molecule has 5 nitrogen and oxygen atoms in total. The lowest BCUT2D eigenvalue weighted by Gasteiger charge is -2.24. The van der Waals surface area contributed by atoms with Gasteiger partial charge in [-0.1, -0.05) is 23.7 Å². The van der Waals surface area contributed by atoms with E-state index >= 15 is 0 Å². The number of oxime groups is 1. The highest BCUT2D eigenvalue weighted by atomic mass is 79.9. The molecule has 0 saturated heterocycles. The molecule has 3 N–H and O–H groups in total. The van der Waals surface area contributed by atoms with E-state index in [1.165, 1.54) is 0 Å². The average Bonchev–Trinajstić information content (AvgIpc) is 2.45. The minimum absolute atomic E-state index is 0.0688. The van der Waals surface area contributed by atoms with Crippen LogP contribution in [0.4, 0.5) is 0 Å². The molecule has 0 aliphatic carbocycles. The molecular weight excluding hydrogens is 322 g/mol. The summed E-state index contributed by atoms with van der Waals surface area (Å²) in [6.45, 7) is 6.63. The number of benzene rings is 1. The van der Waals surface area contributed by atoms with Crippen LogP contribution in [0.3, 0.4) is 0 Å². The maximum Gasteiger partial charge on any atom is 0.255 e. The molecule has 1 aromatic carbocycles. The van der Waals surface area contributed by atoms with Crippen molar-refractivity contribution in [1.82, 2.24) is 4.90 Å². The first-order chi connectivity index (χ1) is 9.40. The van der Waals surface area contributed by atoms with E-state index in [9.17, 15) is 4.79 Å². The van der Waals surface area contributed by atoms with Gasteiger partial charge in [-0.15, -0.1) is 0 Å². The topological polar surface area (TPSA) is 78.9 Å². The maximum atomic E-state index is 12.5. The number of carbonyl (C=O) groups is 1. The quantitative estimate of drug-likeness (QED) is 0.374. The molecule has 0 fully saturated rings. The third-order valence-corrected chi connectivity index (χ3v) is 3.83. The monoisotopic (exact) mass is 341 g/mol. The number of amides is 1. The second kappa shape index (κ2) is 7.28. The minimum Gasteiger partial charge on any atom is -0.409 e. The average molecular weight is 342 g/mol. The van der Waals surface area contributed by atoms with Gasteiger partial charge in [0.15, 0.2) is 0 Å². The molecule has 1 rings (SSSR count). The summed E-state index contributed by atoms with van der Waals surface area (Å²) in [5.41, 5.74) is 7.21. The molecule has 110 valence electrons. The van der Waals surface area contributed by atoms with Crippen LogP contribution >= 0.6 is 15.9 Å². The van der Waals surface area contributed by atoms with Crippen LogP contribution in [-0.2, 0) is 0 Å². The predicted molar refractivity (Wildman–Crippen MR) is 83.0 cm³/mol. The van der Waals surface area contributed by atoms with E-state index in [0.29, 0.717) is 18.7 Å². The van der Waals surface area contributed by atoms with Crippen LogP contribution < -0.4 is 5.73 Å². The zero-order valence-corrected chi connectivity index (χ0v) is 13.5. The van der Waals surface area contributed by atoms with E-state index in [1.54, 1.807) is 4.90 Å². The first-order valence-corrected chi connectivity index (χ1v) is 7.22. The second-order valence-corrected chi connectivity index (χ2v) is 5.61. The zero-order valence-electron chi connectivity index (χ0n) is 11.9. The molecule has 0 bridgehead atoms. The molecule has 1 unspecified atom stereocenters. The summed E-state index contributed by atoms with van der Waals surface area (Å²) in [4.78, 5) is 14.2. The fourth-order valence-electron chi connectivity index (χ4n) is 1.85. The lowest BCUT2D eigenvalue weighted by Crippen LogP contribution is -2.39. The van der Waals surface area contributed by atoms with Gasteiger partial charge in [-0.2, -0.15) is 0 Å². The summed E-state index contributed by atoms with van der Waals surface area (Å²) in [6, 6.07) is 5.66. The van der Waals surface area contributed by atoms with Gasteiger partial charge in [-0.05, 0) is 41.9 Å². The first-order valence-electron chi connectivity index (χ1n) is 6.43. The van der Waals surface area contributed by atoms with Gasteiger partial charge in [0.1, 0.15) is 5.84 Å². The molecule has 0 spiro atoms. The Morgan fingerprint density at radius 2 is 2.20 bits per heavy atom. The van der Waals surface area contributed by atoms with Crippen LogP contribution in [0, 0.1) is 12.8 Å². The number of hydrogen-bond acceptors (Lipinski definition) is 3.